The zero-order valence-electron chi connectivity index (χ0n) is 7.64. The summed E-state index contributed by atoms with van der Waals surface area (Å²) in [4.78, 5) is 0. The minimum Gasteiger partial charge on any atom is -0.330 e. The van der Waals surface area contributed by atoms with Crippen LogP contribution in [0.4, 0.5) is 17.6 Å². The van der Waals surface area contributed by atoms with Gasteiger partial charge in [0.15, 0.2) is 0 Å². The average Bonchev–Trinajstić information content (AvgIpc) is 2.07. The van der Waals surface area contributed by atoms with E-state index in [-0.39, 0.29) is 19.0 Å². The van der Waals surface area contributed by atoms with Crippen molar-refractivity contribution < 1.29 is 17.6 Å². The van der Waals surface area contributed by atoms with Crippen molar-refractivity contribution in [3.63, 3.8) is 0 Å². The highest BCUT2D eigenvalue weighted by Crippen LogP contribution is 2.31. The standard InChI is InChI=1S/C9H9F4N.ClH/c10-8-2-1-6(3-4-14)5-7(8)9(11,12)13;/h1-2,5H,3-4,14H2;1H. The molecule has 1 rings (SSSR count). The van der Waals surface area contributed by atoms with Gasteiger partial charge in [0.25, 0.3) is 0 Å². The molecule has 0 heterocycles. The topological polar surface area (TPSA) is 26.0 Å². The van der Waals surface area contributed by atoms with Gasteiger partial charge in [0.1, 0.15) is 5.82 Å². The van der Waals surface area contributed by atoms with Gasteiger partial charge in [0.2, 0.25) is 0 Å². The van der Waals surface area contributed by atoms with Gasteiger partial charge in [0.05, 0.1) is 5.56 Å². The molecule has 15 heavy (non-hydrogen) atoms. The minimum absolute atomic E-state index is 0. The second-order valence-electron chi connectivity index (χ2n) is 2.85. The van der Waals surface area contributed by atoms with Crippen LogP contribution in [0.3, 0.4) is 0 Å². The first-order chi connectivity index (χ1) is 6.45. The van der Waals surface area contributed by atoms with E-state index < -0.39 is 17.6 Å². The number of hydrogen-bond acceptors (Lipinski definition) is 1. The smallest absolute Gasteiger partial charge is 0.330 e. The van der Waals surface area contributed by atoms with Gasteiger partial charge in [-0.15, -0.1) is 12.4 Å². The Labute approximate surface area is 90.7 Å². The Morgan fingerprint density at radius 1 is 1.20 bits per heavy atom. The molecular weight excluding hydrogens is 234 g/mol. The fraction of sp³-hybridized carbons (Fsp3) is 0.333. The molecule has 0 bridgehead atoms. The monoisotopic (exact) mass is 243 g/mol. The first-order valence-corrected chi connectivity index (χ1v) is 4.01. The Bertz CT molecular complexity index is 324. The Hall–Kier alpha value is -0.810. The quantitative estimate of drug-likeness (QED) is 0.795. The summed E-state index contributed by atoms with van der Waals surface area (Å²) in [5, 5.41) is 0. The number of hydrogen-bond donors (Lipinski definition) is 1. The first-order valence-electron chi connectivity index (χ1n) is 4.01. The highest BCUT2D eigenvalue weighted by molar-refractivity contribution is 5.85. The van der Waals surface area contributed by atoms with Crippen LogP contribution in [0, 0.1) is 5.82 Å². The van der Waals surface area contributed by atoms with Crippen molar-refractivity contribution in [2.45, 2.75) is 12.6 Å². The molecular formula is C9H10ClF4N. The summed E-state index contributed by atoms with van der Waals surface area (Å²) in [6, 6.07) is 2.91. The van der Waals surface area contributed by atoms with E-state index in [9.17, 15) is 17.6 Å². The van der Waals surface area contributed by atoms with Crippen LogP contribution in [-0.4, -0.2) is 6.54 Å². The molecule has 0 aliphatic rings. The predicted octanol–water partition coefficient (Wildman–Crippen LogP) is 2.77. The SMILES string of the molecule is Cl.NCCc1ccc(F)c(C(F)(F)F)c1. The molecule has 0 aliphatic carbocycles. The molecule has 0 aromatic heterocycles. The Morgan fingerprint density at radius 2 is 1.80 bits per heavy atom. The molecule has 0 saturated heterocycles. The molecule has 1 aromatic carbocycles. The Balaban J connectivity index is 0.00000196. The molecule has 0 spiro atoms. The molecule has 1 nitrogen and oxygen atoms in total. The maximum atomic E-state index is 12.8. The van der Waals surface area contributed by atoms with Crippen molar-refractivity contribution in [3.8, 4) is 0 Å². The zero-order valence-corrected chi connectivity index (χ0v) is 8.46. The molecule has 0 unspecified atom stereocenters. The van der Waals surface area contributed by atoms with E-state index in [1.54, 1.807) is 0 Å². The molecule has 0 radical (unpaired) electrons. The van der Waals surface area contributed by atoms with Gasteiger partial charge in [-0.05, 0) is 30.7 Å². The van der Waals surface area contributed by atoms with Gasteiger partial charge in [-0.25, -0.2) is 4.39 Å². The van der Waals surface area contributed by atoms with Crippen LogP contribution < -0.4 is 5.73 Å². The summed E-state index contributed by atoms with van der Waals surface area (Å²) in [5.41, 5.74) is 4.34. The van der Waals surface area contributed by atoms with Crippen molar-refractivity contribution in [1.29, 1.82) is 0 Å². The Kier molecular flexibility index (Phi) is 5.03. The normalized spacial score (nSPS) is 11.0. The van der Waals surface area contributed by atoms with Crippen LogP contribution in [-0.2, 0) is 12.6 Å². The van der Waals surface area contributed by atoms with Crippen molar-refractivity contribution in [3.05, 3.63) is 35.1 Å². The summed E-state index contributed by atoms with van der Waals surface area (Å²) in [5.74, 6) is -1.25. The first kappa shape index (κ1) is 14.2. The van der Waals surface area contributed by atoms with Crippen LogP contribution in [0.5, 0.6) is 0 Å². The van der Waals surface area contributed by atoms with Gasteiger partial charge in [-0.1, -0.05) is 6.07 Å². The van der Waals surface area contributed by atoms with Crippen LogP contribution in [0.1, 0.15) is 11.1 Å². The maximum absolute atomic E-state index is 12.8. The van der Waals surface area contributed by atoms with E-state index in [0.717, 1.165) is 12.1 Å². The second-order valence-corrected chi connectivity index (χ2v) is 2.85. The molecule has 0 saturated carbocycles. The molecule has 1 aromatic rings. The predicted molar refractivity (Wildman–Crippen MR) is 51.4 cm³/mol. The summed E-state index contributed by atoms with van der Waals surface area (Å²) in [6.07, 6.45) is -4.34. The van der Waals surface area contributed by atoms with Gasteiger partial charge >= 0.3 is 6.18 Å². The van der Waals surface area contributed by atoms with Crippen molar-refractivity contribution >= 4 is 12.4 Å². The second kappa shape index (κ2) is 5.32. The summed E-state index contributed by atoms with van der Waals surface area (Å²) < 4.78 is 49.3. The number of halogens is 5. The van der Waals surface area contributed by atoms with Gasteiger partial charge in [-0.3, -0.25) is 0 Å². The van der Waals surface area contributed by atoms with E-state index >= 15 is 0 Å². The number of alkyl halides is 3. The molecule has 0 atom stereocenters. The zero-order chi connectivity index (χ0) is 10.8. The van der Waals surface area contributed by atoms with Gasteiger partial charge in [-0.2, -0.15) is 13.2 Å². The highest BCUT2D eigenvalue weighted by Gasteiger charge is 2.33. The van der Waals surface area contributed by atoms with Crippen molar-refractivity contribution in [2.24, 2.45) is 5.73 Å². The lowest BCUT2D eigenvalue weighted by Gasteiger charge is -2.09. The van der Waals surface area contributed by atoms with Gasteiger partial charge < -0.3 is 5.73 Å². The Morgan fingerprint density at radius 3 is 2.27 bits per heavy atom. The highest BCUT2D eigenvalue weighted by atomic mass is 35.5. The van der Waals surface area contributed by atoms with Crippen LogP contribution >= 0.6 is 12.4 Å². The van der Waals surface area contributed by atoms with Crippen LogP contribution in [0.2, 0.25) is 0 Å². The number of nitrogens with two attached hydrogens (primary N) is 1. The fourth-order valence-electron chi connectivity index (χ4n) is 1.11. The average molecular weight is 244 g/mol. The summed E-state index contributed by atoms with van der Waals surface area (Å²) in [7, 11) is 0. The lowest BCUT2D eigenvalue weighted by atomic mass is 10.1. The molecule has 86 valence electrons. The number of rotatable bonds is 2. The number of benzene rings is 1. The maximum Gasteiger partial charge on any atom is 0.419 e. The summed E-state index contributed by atoms with van der Waals surface area (Å²) in [6.45, 7) is 0.239. The third-order valence-electron chi connectivity index (χ3n) is 1.77. The molecule has 6 heteroatoms. The summed E-state index contributed by atoms with van der Waals surface area (Å²) >= 11 is 0. The third kappa shape index (κ3) is 3.68. The lowest BCUT2D eigenvalue weighted by molar-refractivity contribution is -0.140. The van der Waals surface area contributed by atoms with E-state index in [4.69, 9.17) is 5.73 Å². The van der Waals surface area contributed by atoms with E-state index in [0.29, 0.717) is 12.0 Å². The van der Waals surface area contributed by atoms with Crippen LogP contribution in [0.25, 0.3) is 0 Å². The molecule has 0 amide bonds. The minimum atomic E-state index is -4.64. The fourth-order valence-corrected chi connectivity index (χ4v) is 1.11. The largest absolute Gasteiger partial charge is 0.419 e. The van der Waals surface area contributed by atoms with E-state index in [1.165, 1.54) is 6.07 Å². The lowest BCUT2D eigenvalue weighted by Crippen LogP contribution is -2.10. The molecule has 0 aliphatic heterocycles. The van der Waals surface area contributed by atoms with Crippen molar-refractivity contribution in [2.75, 3.05) is 6.54 Å². The molecule has 0 fully saturated rings. The van der Waals surface area contributed by atoms with E-state index in [1.807, 2.05) is 0 Å². The molecule has 2 N–H and O–H groups in total. The van der Waals surface area contributed by atoms with Crippen molar-refractivity contribution in [1.82, 2.24) is 0 Å². The van der Waals surface area contributed by atoms with Crippen LogP contribution in [0.15, 0.2) is 18.2 Å². The third-order valence-corrected chi connectivity index (χ3v) is 1.77. The van der Waals surface area contributed by atoms with Gasteiger partial charge in [0, 0.05) is 0 Å². The van der Waals surface area contributed by atoms with E-state index in [2.05, 4.69) is 0 Å².